The molecule has 0 aliphatic heterocycles. The van der Waals surface area contributed by atoms with Gasteiger partial charge in [0.2, 0.25) is 10.0 Å². The van der Waals surface area contributed by atoms with Gasteiger partial charge in [0.05, 0.1) is 9.94 Å². The van der Waals surface area contributed by atoms with Gasteiger partial charge in [0, 0.05) is 6.54 Å². The van der Waals surface area contributed by atoms with Crippen molar-refractivity contribution in [2.24, 2.45) is 0 Å². The van der Waals surface area contributed by atoms with E-state index in [4.69, 9.17) is 23.2 Å². The molecule has 102 valence electrons. The van der Waals surface area contributed by atoms with Crippen molar-refractivity contribution in [1.29, 1.82) is 0 Å². The Balaban J connectivity index is 2.10. The molecular weight excluding hydrogens is 317 g/mol. The molecule has 0 saturated heterocycles. The lowest BCUT2D eigenvalue weighted by Crippen LogP contribution is -2.40. The van der Waals surface area contributed by atoms with Crippen LogP contribution in [0.1, 0.15) is 25.7 Å². The van der Waals surface area contributed by atoms with Crippen molar-refractivity contribution in [3.8, 4) is 0 Å². The SMILES string of the molecule is O=S(=O)(NCC1(O)CCCC1)c1cc(Cl)sc1Cl. The molecule has 0 radical (unpaired) electrons. The Morgan fingerprint density at radius 1 is 1.39 bits per heavy atom. The van der Waals surface area contributed by atoms with Crippen LogP contribution in [-0.4, -0.2) is 25.7 Å². The molecule has 1 heterocycles. The van der Waals surface area contributed by atoms with E-state index in [1.54, 1.807) is 0 Å². The molecular formula is C10H13Cl2NO3S2. The first-order valence-electron chi connectivity index (χ1n) is 5.49. The molecule has 0 bridgehead atoms. The molecule has 1 saturated carbocycles. The molecule has 0 atom stereocenters. The van der Waals surface area contributed by atoms with E-state index in [0.717, 1.165) is 24.2 Å². The molecule has 0 aromatic carbocycles. The van der Waals surface area contributed by atoms with E-state index < -0.39 is 15.6 Å². The molecule has 2 rings (SSSR count). The summed E-state index contributed by atoms with van der Waals surface area (Å²) in [5.41, 5.74) is -0.931. The van der Waals surface area contributed by atoms with Crippen LogP contribution in [0.2, 0.25) is 8.67 Å². The minimum absolute atomic E-state index is 0.0130. The lowest BCUT2D eigenvalue weighted by molar-refractivity contribution is 0.0532. The maximum absolute atomic E-state index is 12.0. The average Bonchev–Trinajstić information content (AvgIpc) is 2.84. The summed E-state index contributed by atoms with van der Waals surface area (Å²) in [6.07, 6.45) is 3.08. The number of hydrogen-bond donors (Lipinski definition) is 2. The van der Waals surface area contributed by atoms with Crippen LogP contribution in [0.15, 0.2) is 11.0 Å². The van der Waals surface area contributed by atoms with E-state index in [0.29, 0.717) is 17.2 Å². The Hall–Kier alpha value is 0.150. The summed E-state index contributed by atoms with van der Waals surface area (Å²) in [6, 6.07) is 1.32. The lowest BCUT2D eigenvalue weighted by Gasteiger charge is -2.22. The third-order valence-electron chi connectivity index (χ3n) is 3.04. The Morgan fingerprint density at radius 3 is 2.50 bits per heavy atom. The summed E-state index contributed by atoms with van der Waals surface area (Å²) in [5.74, 6) is 0. The first-order valence-corrected chi connectivity index (χ1v) is 8.55. The number of sulfonamides is 1. The third kappa shape index (κ3) is 3.18. The second-order valence-electron chi connectivity index (χ2n) is 4.44. The summed E-state index contributed by atoms with van der Waals surface area (Å²) in [6.45, 7) is 0.0130. The largest absolute Gasteiger partial charge is 0.389 e. The van der Waals surface area contributed by atoms with Crippen molar-refractivity contribution in [3.05, 3.63) is 14.7 Å². The van der Waals surface area contributed by atoms with Gasteiger partial charge in [0.25, 0.3) is 0 Å². The molecule has 0 amide bonds. The first-order chi connectivity index (χ1) is 8.32. The predicted molar refractivity (Wildman–Crippen MR) is 72.9 cm³/mol. The van der Waals surface area contributed by atoms with E-state index in [1.165, 1.54) is 6.07 Å². The minimum Gasteiger partial charge on any atom is -0.389 e. The van der Waals surface area contributed by atoms with Crippen LogP contribution in [0.5, 0.6) is 0 Å². The van der Waals surface area contributed by atoms with E-state index in [9.17, 15) is 13.5 Å². The first kappa shape index (κ1) is 14.6. The highest BCUT2D eigenvalue weighted by Crippen LogP contribution is 2.34. The van der Waals surface area contributed by atoms with Gasteiger partial charge < -0.3 is 5.11 Å². The highest BCUT2D eigenvalue weighted by atomic mass is 35.5. The maximum Gasteiger partial charge on any atom is 0.243 e. The van der Waals surface area contributed by atoms with Gasteiger partial charge in [-0.3, -0.25) is 0 Å². The molecule has 0 unspecified atom stereocenters. The number of hydrogen-bond acceptors (Lipinski definition) is 4. The second kappa shape index (κ2) is 5.26. The van der Waals surface area contributed by atoms with Crippen molar-refractivity contribution in [2.75, 3.05) is 6.54 Å². The second-order valence-corrected chi connectivity index (χ2v) is 8.47. The van der Waals surface area contributed by atoms with Gasteiger partial charge >= 0.3 is 0 Å². The van der Waals surface area contributed by atoms with Crippen molar-refractivity contribution in [2.45, 2.75) is 36.2 Å². The Morgan fingerprint density at radius 2 is 2.00 bits per heavy atom. The molecule has 0 spiro atoms. The third-order valence-corrected chi connectivity index (χ3v) is 6.19. The summed E-state index contributed by atoms with van der Waals surface area (Å²) in [5, 5.41) is 10.1. The highest BCUT2D eigenvalue weighted by molar-refractivity contribution is 7.89. The zero-order valence-corrected chi connectivity index (χ0v) is 12.6. The molecule has 2 N–H and O–H groups in total. The van der Waals surface area contributed by atoms with Crippen molar-refractivity contribution < 1.29 is 13.5 Å². The van der Waals surface area contributed by atoms with Gasteiger partial charge in [0.1, 0.15) is 9.23 Å². The zero-order valence-electron chi connectivity index (χ0n) is 9.45. The summed E-state index contributed by atoms with van der Waals surface area (Å²) >= 11 is 12.5. The molecule has 1 aliphatic rings. The van der Waals surface area contributed by atoms with E-state index in [1.807, 2.05) is 0 Å². The molecule has 1 aliphatic carbocycles. The van der Waals surface area contributed by atoms with Crippen molar-refractivity contribution in [3.63, 3.8) is 0 Å². The Bertz CT molecular complexity index is 535. The summed E-state index contributed by atoms with van der Waals surface area (Å²) in [4.78, 5) is -0.0271. The number of thiophene rings is 1. The number of halogens is 2. The van der Waals surface area contributed by atoms with Crippen LogP contribution in [0.25, 0.3) is 0 Å². The van der Waals surface area contributed by atoms with Crippen LogP contribution in [-0.2, 0) is 10.0 Å². The molecule has 1 aromatic heterocycles. The van der Waals surface area contributed by atoms with E-state index in [-0.39, 0.29) is 15.8 Å². The van der Waals surface area contributed by atoms with Gasteiger partial charge in [0.15, 0.2) is 0 Å². The molecule has 4 nitrogen and oxygen atoms in total. The van der Waals surface area contributed by atoms with Crippen LogP contribution in [0.4, 0.5) is 0 Å². The van der Waals surface area contributed by atoms with Crippen molar-refractivity contribution in [1.82, 2.24) is 4.72 Å². The zero-order chi connectivity index (χ0) is 13.4. The molecule has 8 heteroatoms. The quantitative estimate of drug-likeness (QED) is 0.892. The van der Waals surface area contributed by atoms with E-state index in [2.05, 4.69) is 4.72 Å². The summed E-state index contributed by atoms with van der Waals surface area (Å²) in [7, 11) is -3.71. The molecule has 1 aromatic rings. The fourth-order valence-corrected chi connectivity index (χ4v) is 5.29. The maximum atomic E-state index is 12.0. The minimum atomic E-state index is -3.71. The van der Waals surface area contributed by atoms with E-state index >= 15 is 0 Å². The van der Waals surface area contributed by atoms with Gasteiger partial charge in [-0.05, 0) is 18.9 Å². The summed E-state index contributed by atoms with van der Waals surface area (Å²) < 4.78 is 26.9. The topological polar surface area (TPSA) is 66.4 Å². The monoisotopic (exact) mass is 329 g/mol. The average molecular weight is 330 g/mol. The van der Waals surface area contributed by atoms with Gasteiger partial charge in [-0.1, -0.05) is 36.0 Å². The molecule has 18 heavy (non-hydrogen) atoms. The fourth-order valence-electron chi connectivity index (χ4n) is 2.03. The van der Waals surface area contributed by atoms with Crippen LogP contribution in [0, 0.1) is 0 Å². The van der Waals surface area contributed by atoms with Crippen LogP contribution >= 0.6 is 34.5 Å². The van der Waals surface area contributed by atoms with Crippen LogP contribution < -0.4 is 4.72 Å². The number of aliphatic hydroxyl groups is 1. The number of nitrogens with one attached hydrogen (secondary N) is 1. The predicted octanol–water partition coefficient (Wildman–Crippen LogP) is 2.64. The number of rotatable bonds is 4. The Kier molecular flexibility index (Phi) is 4.26. The smallest absolute Gasteiger partial charge is 0.243 e. The van der Waals surface area contributed by atoms with Gasteiger partial charge in [-0.15, -0.1) is 11.3 Å². The van der Waals surface area contributed by atoms with Gasteiger partial charge in [-0.25, -0.2) is 13.1 Å². The lowest BCUT2D eigenvalue weighted by atomic mass is 10.0. The standard InChI is InChI=1S/C10H13Cl2NO3S2/c11-8-5-7(9(12)17-8)18(15,16)13-6-10(14)3-1-2-4-10/h5,13-14H,1-4,6H2. The normalized spacial score (nSPS) is 19.3. The fraction of sp³-hybridized carbons (Fsp3) is 0.600. The molecule has 1 fully saturated rings. The van der Waals surface area contributed by atoms with Crippen LogP contribution in [0.3, 0.4) is 0 Å². The highest BCUT2D eigenvalue weighted by Gasteiger charge is 2.33. The van der Waals surface area contributed by atoms with Gasteiger partial charge in [-0.2, -0.15) is 0 Å². The Labute approximate surface area is 120 Å². The van der Waals surface area contributed by atoms with Crippen molar-refractivity contribution >= 4 is 44.6 Å².